The molecule has 113 heavy (non-hydrogen) atoms. The van der Waals surface area contributed by atoms with Gasteiger partial charge in [-0.05, 0) is 108 Å². The van der Waals surface area contributed by atoms with Crippen LogP contribution in [0.5, 0.6) is 11.5 Å². The number of benzene rings is 3. The monoisotopic (exact) mass is 1660 g/mol. The summed E-state index contributed by atoms with van der Waals surface area (Å²) >= 11 is 14.6. The van der Waals surface area contributed by atoms with Gasteiger partial charge in [-0.2, -0.15) is 11.8 Å². The number of aryl methyl sites for hydroxylation is 2. The normalized spacial score (nSPS) is 18.9. The van der Waals surface area contributed by atoms with Crippen LogP contribution in [0.15, 0.2) is 48.8 Å². The molecular formula is C76H108Cl2N11O22PS. The Kier molecular flexibility index (Phi) is 35.2. The second-order valence-electron chi connectivity index (χ2n) is 29.0. The standard InChI is InChI=1S/C76H101Cl2N11O19S.H3OP.2H2O/c1-45(2)65(84-59(92)14-19-101-21-23-103-25-27-105-29-30-106-28-26-104-24-22-102-20-18-87-60(93)34-58(109-7)69(87)95)55(90)31-49(9-8-15-80-72(79)98)68(94)83-52-12-10-48(11-13-52)41-107-73(99)85(5)16-17-86(6)74(100)108-57-33-54-64(62-47(4)38-82-67(57)62)51(36-78)40-89(54)71(97)76-42-75(43-76,44-76)70(96)88-39-50(35-77)63-53(88)32-56(91)66-61(63)46(3)37-81-66;1-2;;/h10-13,32-33,37-38,45,49-51,58,65,81-82,91H,8-9,14-31,34-36,39-44H2,1-7H3,(H,83,94)(H,84,92)(H3,79,80,98);1H,2H2;2*1H2/t49-,50-,51-,58?,65+,75?,76?;;;/m1.../s1. The third-order valence-corrected chi connectivity index (χ3v) is 22.6. The summed E-state index contributed by atoms with van der Waals surface area (Å²) in [6.07, 6.45) is 5.72. The lowest BCUT2D eigenvalue weighted by molar-refractivity contribution is -0.205. The third kappa shape index (κ3) is 22.4. The van der Waals surface area contributed by atoms with E-state index in [4.69, 9.17) is 71.7 Å². The number of aromatic nitrogens is 2. The van der Waals surface area contributed by atoms with Crippen molar-refractivity contribution in [1.82, 2.24) is 35.3 Å². The molecule has 1 saturated heterocycles. The number of phenols is 1. The van der Waals surface area contributed by atoms with E-state index in [9.17, 15) is 53.1 Å². The van der Waals surface area contributed by atoms with Gasteiger partial charge in [-0.1, -0.05) is 26.0 Å². The van der Waals surface area contributed by atoms with Crippen LogP contribution in [0.3, 0.4) is 0 Å². The third-order valence-electron chi connectivity index (χ3n) is 20.9. The molecule has 3 saturated carbocycles. The Hall–Kier alpha value is -7.96. The average molecular weight is 1660 g/mol. The molecule has 11 rings (SSSR count). The number of carbonyl (C=O) groups excluding carboxylic acids is 10. The second-order valence-corrected chi connectivity index (χ2v) is 30.6. The fourth-order valence-electron chi connectivity index (χ4n) is 15.1. The van der Waals surface area contributed by atoms with Crippen LogP contribution in [-0.4, -0.2) is 267 Å². The Balaban J connectivity index is 0.00000439. The molecule has 10 amide bonds. The largest absolute Gasteiger partial charge is 0.506 e. The van der Waals surface area contributed by atoms with Gasteiger partial charge in [0.2, 0.25) is 35.4 Å². The number of ketones is 1. The summed E-state index contributed by atoms with van der Waals surface area (Å²) < 4.78 is 44.9. The summed E-state index contributed by atoms with van der Waals surface area (Å²) in [6.45, 7) is 12.2. The first-order valence-electron chi connectivity index (χ1n) is 37.2. The number of nitrogens with zero attached hydrogens (tertiary/aromatic N) is 5. The van der Waals surface area contributed by atoms with Gasteiger partial charge in [-0.15, -0.1) is 23.2 Å². The van der Waals surface area contributed by atoms with Crippen LogP contribution in [0.1, 0.15) is 105 Å². The van der Waals surface area contributed by atoms with Gasteiger partial charge in [0.25, 0.3) is 0 Å². The fourth-order valence-corrected chi connectivity index (χ4v) is 16.3. The zero-order valence-electron chi connectivity index (χ0n) is 64.9. The van der Waals surface area contributed by atoms with Crippen molar-refractivity contribution in [1.29, 1.82) is 0 Å². The highest BCUT2D eigenvalue weighted by molar-refractivity contribution is 8.00. The highest BCUT2D eigenvalue weighted by Gasteiger charge is 2.76. The summed E-state index contributed by atoms with van der Waals surface area (Å²) in [7, 11) is 4.48. The number of thioether (sulfide) groups is 1. The number of imide groups is 1. The topological polar surface area (TPSA) is 458 Å². The highest BCUT2D eigenvalue weighted by Crippen LogP contribution is 2.75. The molecule has 624 valence electrons. The van der Waals surface area contributed by atoms with E-state index in [1.165, 1.54) is 50.0 Å². The number of H-pyrrole nitrogens is 2. The number of phenolic OH excluding ortho intramolecular Hbond substituents is 1. The SMILES string of the molecule is CSC1CC(=O)N(CCOCCOCCOCCOCCOCCOCCC(=O)N[C@H](C(=O)C[C@@H](CCCNC(N)=O)C(=O)Nc2ccc(COC(=O)N(C)CCN(C)C(=O)Oc3cc4c(c5c(C)c[nH]c35)[C@H](CCl)CN4C(=O)C34CC(C(=O)N5C[C@@H](CCl)c6c5cc(O)c5[nH]cc(C)c65)(C3)C4)cc2)C(C)C)C1=O.O.O.OP. The average Bonchev–Trinajstić information content (AvgIpc) is 1.61. The smallest absolute Gasteiger partial charge is 0.415 e. The van der Waals surface area contributed by atoms with E-state index < -0.39 is 52.8 Å². The van der Waals surface area contributed by atoms with Crippen LogP contribution in [0, 0.1) is 36.5 Å². The molecule has 2 unspecified atom stereocenters. The summed E-state index contributed by atoms with van der Waals surface area (Å²) in [5.41, 5.74) is 10.8. The van der Waals surface area contributed by atoms with Crippen molar-refractivity contribution in [2.45, 2.75) is 109 Å². The van der Waals surface area contributed by atoms with Crippen LogP contribution in [0.25, 0.3) is 21.8 Å². The number of halogens is 2. The molecule has 5 heterocycles. The zero-order valence-corrected chi connectivity index (χ0v) is 68.4. The fraction of sp³-hybridized carbons (Fsp3) is 0.579. The van der Waals surface area contributed by atoms with Crippen LogP contribution < -0.4 is 36.2 Å². The van der Waals surface area contributed by atoms with Gasteiger partial charge < -0.3 is 110 Å². The van der Waals surface area contributed by atoms with E-state index in [0.717, 1.165) is 33.0 Å². The summed E-state index contributed by atoms with van der Waals surface area (Å²) in [5.74, 6) is -2.50. The predicted molar refractivity (Wildman–Crippen MR) is 429 cm³/mol. The van der Waals surface area contributed by atoms with Crippen molar-refractivity contribution in [3.63, 3.8) is 0 Å². The molecule has 3 aromatic carbocycles. The number of alkyl halides is 2. The number of anilines is 3. The number of hydrogen-bond acceptors (Lipinski definition) is 21. The number of rotatable bonds is 43. The van der Waals surface area contributed by atoms with Crippen LogP contribution in [-0.2, 0) is 73.3 Å². The van der Waals surface area contributed by atoms with Crippen molar-refractivity contribution in [3.05, 3.63) is 76.6 Å². The van der Waals surface area contributed by atoms with E-state index >= 15 is 0 Å². The Morgan fingerprint density at radius 2 is 1.21 bits per heavy atom. The number of carbonyl (C=O) groups is 10. The number of amides is 10. The maximum absolute atomic E-state index is 14.9. The number of aromatic amines is 2. The number of Topliss-reactive ketones (excluding diaryl/α,β-unsaturated/α-hetero) is 1. The van der Waals surface area contributed by atoms with Gasteiger partial charge in [-0.3, -0.25) is 38.5 Å². The lowest BCUT2D eigenvalue weighted by Crippen LogP contribution is -2.73. The Labute approximate surface area is 672 Å². The lowest BCUT2D eigenvalue weighted by Gasteiger charge is -2.69. The molecular weight excluding hydrogens is 1550 g/mol. The number of likely N-dealkylation sites (tertiary alicyclic amines) is 1. The van der Waals surface area contributed by atoms with Gasteiger partial charge >= 0.3 is 18.2 Å². The summed E-state index contributed by atoms with van der Waals surface area (Å²) in [5, 5.41) is 20.6. The van der Waals surface area contributed by atoms with E-state index in [1.54, 1.807) is 60.0 Å². The Morgan fingerprint density at radius 1 is 0.717 bits per heavy atom. The zero-order chi connectivity index (χ0) is 80.3. The van der Waals surface area contributed by atoms with Crippen LogP contribution >= 0.6 is 44.4 Å². The van der Waals surface area contributed by atoms with Gasteiger partial charge in [-0.25, -0.2) is 14.4 Å². The molecule has 5 aromatic rings. The van der Waals surface area contributed by atoms with Gasteiger partial charge in [0.1, 0.15) is 12.4 Å². The molecule has 0 spiro atoms. The van der Waals surface area contributed by atoms with Crippen molar-refractivity contribution in [2.75, 3.05) is 166 Å². The van der Waals surface area contributed by atoms with Crippen LogP contribution in [0.4, 0.5) is 31.4 Å². The molecule has 37 heteroatoms. The number of primary amides is 1. The molecule has 3 aliphatic heterocycles. The molecule has 2 aromatic heterocycles. The molecule has 6 aliphatic rings. The van der Waals surface area contributed by atoms with Crippen molar-refractivity contribution in [2.24, 2.45) is 28.4 Å². The minimum absolute atomic E-state index is 0. The predicted octanol–water partition coefficient (Wildman–Crippen LogP) is 6.08. The number of likely N-dealkylation sites (N-methyl/N-ethyl adjacent to an activating group) is 2. The first-order valence-corrected chi connectivity index (χ1v) is 40.1. The van der Waals surface area contributed by atoms with E-state index in [0.29, 0.717) is 131 Å². The number of aromatic hydroxyl groups is 1. The van der Waals surface area contributed by atoms with Crippen molar-refractivity contribution >= 4 is 143 Å². The second kappa shape index (κ2) is 43.1. The summed E-state index contributed by atoms with van der Waals surface area (Å²) in [6, 6.07) is 8.29. The van der Waals surface area contributed by atoms with Crippen molar-refractivity contribution in [3.8, 4) is 11.5 Å². The van der Waals surface area contributed by atoms with Gasteiger partial charge in [0.05, 0.1) is 130 Å². The number of hydrogen-bond donors (Lipinski definition) is 8. The minimum Gasteiger partial charge on any atom is -0.506 e. The summed E-state index contributed by atoms with van der Waals surface area (Å²) in [4.78, 5) is 154. The minimum atomic E-state index is -0.904. The number of nitrogens with one attached hydrogen (secondary N) is 5. The molecule has 0 radical (unpaired) electrons. The Bertz CT molecular complexity index is 4120. The molecule has 33 nitrogen and oxygen atoms in total. The van der Waals surface area contributed by atoms with Gasteiger partial charge in [0, 0.05) is 137 Å². The highest BCUT2D eigenvalue weighted by atomic mass is 35.5. The van der Waals surface area contributed by atoms with E-state index in [2.05, 4.69) is 25.9 Å². The van der Waals surface area contributed by atoms with Crippen molar-refractivity contribution < 1.29 is 107 Å². The molecule has 3 aliphatic carbocycles. The van der Waals surface area contributed by atoms with Gasteiger partial charge in [0.15, 0.2) is 11.5 Å². The first-order chi connectivity index (χ1) is 53.3. The molecule has 13 N–H and O–H groups in total. The number of urea groups is 1. The Morgan fingerprint density at radius 3 is 1.72 bits per heavy atom. The number of nitrogens with two attached hydrogens (primary N) is 1. The maximum Gasteiger partial charge on any atom is 0.415 e. The number of fused-ring (bicyclic) bond motifs is 6. The van der Waals surface area contributed by atoms with E-state index in [1.807, 2.05) is 32.5 Å². The number of ether oxygens (including phenoxy) is 8. The maximum atomic E-state index is 14.9. The molecule has 6 atom stereocenters. The molecule has 2 bridgehead atoms. The lowest BCUT2D eigenvalue weighted by atomic mass is 9.34. The molecule has 4 fully saturated rings. The van der Waals surface area contributed by atoms with E-state index in [-0.39, 0.29) is 166 Å². The first kappa shape index (κ1) is 92.2. The quantitative estimate of drug-likeness (QED) is 0.00948. The van der Waals surface area contributed by atoms with Crippen LogP contribution in [0.2, 0.25) is 0 Å².